The van der Waals surface area contributed by atoms with E-state index in [1.807, 2.05) is 66.7 Å². The molecule has 3 saturated carbocycles. The molecule has 8 aromatic rings. The Morgan fingerprint density at radius 1 is 0.465 bits per heavy atom. The van der Waals surface area contributed by atoms with Gasteiger partial charge in [0.1, 0.15) is 11.5 Å². The second kappa shape index (κ2) is 34.9. The molecule has 3 fully saturated rings. The third kappa shape index (κ3) is 17.6. The minimum atomic E-state index is -0.826. The number of rotatable bonds is 9. The Morgan fingerprint density at radius 3 is 1.21 bits per heavy atom. The standard InChI is InChI=1S/C48H48N2O2.C9H16.2C7H7.C5H10.2CH3.2ClH.2Zr/c1-31-25-34(46(52)44(26-31)48(4)41-21-13-9-17-37(41)38-18-10-14-22-42(38)48)30-50(24-23-49(5)6)29-33-27-32(2)43(28-45(33)51)47(3)39-19-11-7-15-35(39)36-16-8-12-20-40(36)47;1-2-5-9-7-3-6-8(9)4-1;2*1-7-5-3-2-4-6-7;1-2-4-5-3-1;;;;;;/h7-22,25-28,51-52H,23-24,29-30H2,1-6H3;8-9H,1-7H2;2*2-6H,1H2;1-5H2;2*1H3;2*1H;;/q;;2*-1;;2*-1;;;2*+4/p-2. The third-order valence-electron chi connectivity index (χ3n) is 18.1. The molecule has 0 aromatic heterocycles. The van der Waals surface area contributed by atoms with Gasteiger partial charge < -0.3 is 30.0 Å². The number of aryl methyl sites for hydroxylation is 2. The number of hydrogen-bond acceptors (Lipinski definition) is 4. The first kappa shape index (κ1) is 72.1. The molecule has 0 bridgehead atoms. The van der Waals surface area contributed by atoms with E-state index in [4.69, 9.17) is 17.0 Å². The average molecular weight is 1340 g/mol. The Bertz CT molecular complexity index is 3180. The Morgan fingerprint density at radius 2 is 0.826 bits per heavy atom. The van der Waals surface area contributed by atoms with Crippen molar-refractivity contribution >= 4 is 17.0 Å². The molecular weight excluding hydrogens is 1250 g/mol. The van der Waals surface area contributed by atoms with Crippen molar-refractivity contribution in [3.8, 4) is 33.8 Å². The third-order valence-corrected chi connectivity index (χ3v) is 18.1. The topological polar surface area (TPSA) is 46.9 Å². The van der Waals surface area contributed by atoms with Crippen molar-refractivity contribution in [1.29, 1.82) is 0 Å². The molecule has 5 aliphatic rings. The predicted octanol–water partition coefficient (Wildman–Crippen LogP) is 20.9. The molecule has 86 heavy (non-hydrogen) atoms. The number of hydrogen-bond donors (Lipinski definition) is 2. The maximum Gasteiger partial charge on any atom is 4.00 e. The Hall–Kier alpha value is -4.63. The van der Waals surface area contributed by atoms with Crippen LogP contribution in [0.3, 0.4) is 0 Å². The minimum absolute atomic E-state index is 0. The fourth-order valence-corrected chi connectivity index (χ4v) is 13.8. The summed E-state index contributed by atoms with van der Waals surface area (Å²) in [5, 5.41) is 24.0. The number of fused-ring (bicyclic) bond motifs is 7. The van der Waals surface area contributed by atoms with E-state index < -0.39 is 26.3 Å². The molecule has 0 amide bonds. The summed E-state index contributed by atoms with van der Waals surface area (Å²) in [6.07, 6.45) is 18.3. The number of phenols is 2. The maximum atomic E-state index is 12.2. The average Bonchev–Trinajstić information content (AvgIpc) is 1.57. The van der Waals surface area contributed by atoms with Gasteiger partial charge >= 0.3 is 64.1 Å². The van der Waals surface area contributed by atoms with Crippen LogP contribution in [0.4, 0.5) is 0 Å². The van der Waals surface area contributed by atoms with E-state index in [1.165, 1.54) is 108 Å². The van der Waals surface area contributed by atoms with Gasteiger partial charge in [0.05, 0.1) is 0 Å². The van der Waals surface area contributed by atoms with Crippen LogP contribution in [-0.2, 0) is 71.0 Å². The van der Waals surface area contributed by atoms with Gasteiger partial charge in [-0.3, -0.25) is 4.90 Å². The number of halogens is 2. The Kier molecular flexibility index (Phi) is 29.3. The Labute approximate surface area is 558 Å². The van der Waals surface area contributed by atoms with Crippen LogP contribution in [0.5, 0.6) is 11.5 Å². The molecular formula is C78H94Cl2N2O2Zr2+2. The number of aromatic hydroxyl groups is 2. The smallest absolute Gasteiger partial charge is 4.00 e. The van der Waals surface area contributed by atoms with Crippen LogP contribution >= 0.6 is 17.0 Å². The largest absolute Gasteiger partial charge is 4.00 e. The molecule has 5 aliphatic carbocycles. The van der Waals surface area contributed by atoms with Crippen LogP contribution in [0, 0.1) is 54.4 Å². The van der Waals surface area contributed by atoms with Gasteiger partial charge in [0.15, 0.2) is 0 Å². The molecule has 4 nitrogen and oxygen atoms in total. The van der Waals surface area contributed by atoms with Crippen LogP contribution in [0.1, 0.15) is 158 Å². The molecule has 2 atom stereocenters. The van der Waals surface area contributed by atoms with Gasteiger partial charge in [0, 0.05) is 53.7 Å². The van der Waals surface area contributed by atoms with E-state index in [0.717, 1.165) is 57.6 Å². The summed E-state index contributed by atoms with van der Waals surface area (Å²) in [6.45, 7) is 19.0. The van der Waals surface area contributed by atoms with Crippen LogP contribution in [0.15, 0.2) is 182 Å². The number of nitrogens with zero attached hydrogens (tertiary/aromatic N) is 2. The van der Waals surface area contributed by atoms with E-state index in [0.29, 0.717) is 24.6 Å². The van der Waals surface area contributed by atoms with Crippen LogP contribution in [0.2, 0.25) is 0 Å². The zero-order valence-electron chi connectivity index (χ0n) is 52.7. The molecule has 0 spiro atoms. The molecule has 2 N–H and O–H groups in total. The summed E-state index contributed by atoms with van der Waals surface area (Å²) in [4.78, 5) is 4.54. The molecule has 0 heterocycles. The second-order valence-corrected chi connectivity index (χ2v) is 27.8. The van der Waals surface area contributed by atoms with E-state index in [1.54, 1.807) is 25.7 Å². The summed E-state index contributed by atoms with van der Waals surface area (Å²) in [7, 11) is 14.0. The normalized spacial score (nSPS) is 16.3. The van der Waals surface area contributed by atoms with Crippen molar-refractivity contribution in [3.05, 3.63) is 277 Å². The summed E-state index contributed by atoms with van der Waals surface area (Å²) in [6, 6.07) is 62.8. The first-order valence-corrected chi connectivity index (χ1v) is 36.6. The van der Waals surface area contributed by atoms with E-state index in [9.17, 15) is 10.2 Å². The van der Waals surface area contributed by atoms with Gasteiger partial charge in [-0.15, -0.1) is 24.3 Å². The van der Waals surface area contributed by atoms with Crippen LogP contribution in [-0.4, -0.2) is 47.2 Å². The van der Waals surface area contributed by atoms with Crippen LogP contribution < -0.4 is 0 Å². The fourth-order valence-electron chi connectivity index (χ4n) is 13.8. The summed E-state index contributed by atoms with van der Waals surface area (Å²) < 4.78 is 0. The van der Waals surface area contributed by atoms with Crippen molar-refractivity contribution in [3.63, 3.8) is 0 Å². The quantitative estimate of drug-likeness (QED) is 0.141. The fraction of sp³-hybridized carbons (Fsp3) is 0.333. The zero-order chi connectivity index (χ0) is 58.9. The van der Waals surface area contributed by atoms with Crippen molar-refractivity contribution < 1.29 is 57.3 Å². The van der Waals surface area contributed by atoms with Crippen LogP contribution in [0.25, 0.3) is 22.3 Å². The van der Waals surface area contributed by atoms with Gasteiger partial charge in [0.2, 0.25) is 0 Å². The molecule has 448 valence electrons. The van der Waals surface area contributed by atoms with Gasteiger partial charge in [-0.25, -0.2) is 0 Å². The molecule has 0 aliphatic heterocycles. The molecule has 13 rings (SSSR count). The van der Waals surface area contributed by atoms with Crippen molar-refractivity contribution in [1.82, 2.24) is 9.80 Å². The Balaban J connectivity index is 0.000000319. The minimum Gasteiger partial charge on any atom is 4.00 e. The summed E-state index contributed by atoms with van der Waals surface area (Å²) in [5.74, 6) is 2.98. The molecule has 0 radical (unpaired) electrons. The first-order valence-electron chi connectivity index (χ1n) is 30.3. The van der Waals surface area contributed by atoms with Gasteiger partial charge in [0.25, 0.3) is 0 Å². The molecule has 0 saturated heterocycles. The van der Waals surface area contributed by atoms with E-state index in [-0.39, 0.29) is 46.5 Å². The van der Waals surface area contributed by atoms with Crippen molar-refractivity contribution in [2.75, 3.05) is 27.2 Å². The van der Waals surface area contributed by atoms with E-state index in [2.05, 4.69) is 181 Å². The van der Waals surface area contributed by atoms with Gasteiger partial charge in [-0.2, -0.15) is 49.2 Å². The molecule has 8 heteroatoms. The summed E-state index contributed by atoms with van der Waals surface area (Å²) >= 11 is -0.826. The zero-order valence-corrected chi connectivity index (χ0v) is 59.2. The monoisotopic (exact) mass is 1340 g/mol. The predicted molar refractivity (Wildman–Crippen MR) is 362 cm³/mol. The van der Waals surface area contributed by atoms with Crippen molar-refractivity contribution in [2.24, 2.45) is 11.8 Å². The number of likely N-dealkylation sites (N-methyl/N-ethyl adjacent to an activating group) is 1. The molecule has 8 aromatic carbocycles. The maximum absolute atomic E-state index is 12.2. The second-order valence-electron chi connectivity index (χ2n) is 24.1. The summed E-state index contributed by atoms with van der Waals surface area (Å²) in [5.41, 5.74) is 17.3. The van der Waals surface area contributed by atoms with E-state index >= 15 is 0 Å². The number of benzene rings is 8. The SMILES string of the molecule is C1CCC2CCCC2C1.C1CCCC1.Cc1cc(CN(CCN(C)C)Cc2cc(C)c(C3(C)c4ccccc4-c4ccccc43)cc2O)c(O)c(C2(C)c3ccccc3-c3ccccc32)c1.[CH2-]c1ccccc1.[CH2-]c1ccccc1.[CH3-].[CH3-].[Cl][Zr+2][Cl].[Zr+4]. The first-order chi connectivity index (χ1) is 40.2. The molecule has 2 unspecified atom stereocenters. The van der Waals surface area contributed by atoms with Crippen molar-refractivity contribution in [2.45, 2.75) is 129 Å². The van der Waals surface area contributed by atoms with Gasteiger partial charge in [-0.1, -0.05) is 210 Å². The number of phenolic OH excluding ortho intramolecular Hbond substituents is 2. The van der Waals surface area contributed by atoms with Gasteiger partial charge in [-0.05, 0) is 115 Å².